The molecule has 3 heterocycles. The number of halogens is 1. The van der Waals surface area contributed by atoms with E-state index in [0.29, 0.717) is 49.9 Å². The van der Waals surface area contributed by atoms with Gasteiger partial charge in [-0.3, -0.25) is 14.6 Å². The van der Waals surface area contributed by atoms with Gasteiger partial charge in [0.25, 0.3) is 5.91 Å². The molecule has 2 unspecified atom stereocenters. The lowest BCUT2D eigenvalue weighted by molar-refractivity contribution is -0.135. The van der Waals surface area contributed by atoms with Crippen LogP contribution in [0.15, 0.2) is 48.5 Å². The van der Waals surface area contributed by atoms with Gasteiger partial charge in [0.15, 0.2) is 6.61 Å². The Bertz CT molecular complexity index is 1620. The number of H-pyrrole nitrogens is 1. The first-order valence-electron chi connectivity index (χ1n) is 15.3. The standard InChI is InChI=1S/C34H39ClN4O6/c1-42-20-19-37-15-17-38(18-16-37)31(40)22-44-26-6-3-23(4-7-26)33-32-28(29-21-24(35)5-12-30(29)36-32)13-14-39(33)34(41)45-27-10-8-25(43-2)9-11-27/h3-4,6-12,21,24,33,36H,5,13-20,22H2,1-2H3. The predicted molar refractivity (Wildman–Crippen MR) is 171 cm³/mol. The number of hydrogen-bond acceptors (Lipinski definition) is 7. The van der Waals surface area contributed by atoms with Crippen LogP contribution in [0.2, 0.25) is 0 Å². The number of aromatic nitrogens is 1. The van der Waals surface area contributed by atoms with Crippen molar-refractivity contribution in [3.63, 3.8) is 0 Å². The van der Waals surface area contributed by atoms with E-state index >= 15 is 0 Å². The van der Waals surface area contributed by atoms with Gasteiger partial charge in [-0.05, 0) is 60.4 Å². The largest absolute Gasteiger partial charge is 0.497 e. The Morgan fingerprint density at radius 1 is 0.933 bits per heavy atom. The summed E-state index contributed by atoms with van der Waals surface area (Å²) in [6.07, 6.45) is 5.20. The number of carbonyl (C=O) groups is 2. The molecule has 1 aliphatic carbocycles. The van der Waals surface area contributed by atoms with Crippen molar-refractivity contribution in [1.29, 1.82) is 0 Å². The van der Waals surface area contributed by atoms with Crippen molar-refractivity contribution < 1.29 is 28.5 Å². The molecule has 6 rings (SSSR count). The second-order valence-corrected chi connectivity index (χ2v) is 12.0. The summed E-state index contributed by atoms with van der Waals surface area (Å²) < 4.78 is 22.1. The first-order chi connectivity index (χ1) is 21.9. The summed E-state index contributed by atoms with van der Waals surface area (Å²) in [5, 5.41) is 2.08. The molecule has 0 radical (unpaired) electrons. The fraction of sp³-hybridized carbons (Fsp3) is 0.412. The lowest BCUT2D eigenvalue weighted by Crippen LogP contribution is -2.50. The van der Waals surface area contributed by atoms with Crippen molar-refractivity contribution in [2.24, 2.45) is 0 Å². The number of fused-ring (bicyclic) bond motifs is 3. The molecular formula is C34H39ClN4O6. The van der Waals surface area contributed by atoms with Crippen LogP contribution >= 0.6 is 11.6 Å². The normalized spacial score (nSPS) is 19.5. The van der Waals surface area contributed by atoms with Crippen LogP contribution < -0.4 is 24.8 Å². The summed E-state index contributed by atoms with van der Waals surface area (Å²) in [5.74, 6) is 1.68. The molecule has 2 aliphatic heterocycles. The summed E-state index contributed by atoms with van der Waals surface area (Å²) in [7, 11) is 3.29. The summed E-state index contributed by atoms with van der Waals surface area (Å²) >= 11 is 6.49. The molecule has 45 heavy (non-hydrogen) atoms. The maximum atomic E-state index is 13.6. The van der Waals surface area contributed by atoms with E-state index in [2.05, 4.69) is 22.0 Å². The molecule has 11 heteroatoms. The number of piperazine rings is 1. The van der Waals surface area contributed by atoms with Crippen molar-refractivity contribution in [3.05, 3.63) is 75.9 Å². The summed E-state index contributed by atoms with van der Waals surface area (Å²) in [5.41, 5.74) is 3.01. The van der Waals surface area contributed by atoms with Gasteiger partial charge in [-0.1, -0.05) is 24.3 Å². The summed E-state index contributed by atoms with van der Waals surface area (Å²) in [6, 6.07) is 14.1. The number of alkyl halides is 1. The molecule has 0 spiro atoms. The van der Waals surface area contributed by atoms with Crippen LogP contribution in [0.4, 0.5) is 4.79 Å². The fourth-order valence-corrected chi connectivity index (χ4v) is 6.43. The monoisotopic (exact) mass is 634 g/mol. The first kappa shape index (κ1) is 31.0. The van der Waals surface area contributed by atoms with Gasteiger partial charge in [0.05, 0.1) is 19.1 Å². The van der Waals surface area contributed by atoms with Gasteiger partial charge in [0, 0.05) is 62.6 Å². The van der Waals surface area contributed by atoms with Crippen LogP contribution in [0, 0.1) is 0 Å². The number of nitrogens with zero attached hydrogens (tertiary/aromatic N) is 3. The zero-order valence-electron chi connectivity index (χ0n) is 25.7. The van der Waals surface area contributed by atoms with Crippen LogP contribution in [0.5, 0.6) is 17.2 Å². The second kappa shape index (κ2) is 14.0. The zero-order valence-corrected chi connectivity index (χ0v) is 26.4. The van der Waals surface area contributed by atoms with E-state index in [0.717, 1.165) is 47.9 Å². The number of amides is 2. The van der Waals surface area contributed by atoms with Crippen LogP contribution in [0.3, 0.4) is 0 Å². The predicted octanol–water partition coefficient (Wildman–Crippen LogP) is 2.91. The Morgan fingerprint density at radius 3 is 2.36 bits per heavy atom. The fourth-order valence-electron chi connectivity index (χ4n) is 6.22. The van der Waals surface area contributed by atoms with E-state index in [4.69, 9.17) is 30.5 Å². The van der Waals surface area contributed by atoms with Crippen molar-refractivity contribution in [2.75, 3.05) is 66.7 Å². The highest BCUT2D eigenvalue weighted by Gasteiger charge is 2.36. The smallest absolute Gasteiger partial charge is 0.416 e. The first-order valence-corrected chi connectivity index (χ1v) is 15.8. The van der Waals surface area contributed by atoms with Gasteiger partial charge in [-0.25, -0.2) is 4.79 Å². The number of benzene rings is 2. The van der Waals surface area contributed by atoms with Gasteiger partial charge in [0.1, 0.15) is 23.3 Å². The molecule has 2 atom stereocenters. The number of aromatic amines is 1. The number of nitrogens with one attached hydrogen (secondary N) is 1. The molecular weight excluding hydrogens is 596 g/mol. The zero-order chi connectivity index (χ0) is 31.3. The van der Waals surface area contributed by atoms with Gasteiger partial charge in [0.2, 0.25) is 0 Å². The van der Waals surface area contributed by atoms with E-state index in [9.17, 15) is 9.59 Å². The van der Waals surface area contributed by atoms with Crippen LogP contribution in [0.1, 0.15) is 29.3 Å². The molecule has 1 N–H and O–H groups in total. The molecule has 1 fully saturated rings. The summed E-state index contributed by atoms with van der Waals surface area (Å²) in [4.78, 5) is 35.9. The third-order valence-electron chi connectivity index (χ3n) is 8.69. The Morgan fingerprint density at radius 2 is 1.64 bits per heavy atom. The van der Waals surface area contributed by atoms with E-state index in [-0.39, 0.29) is 17.9 Å². The minimum atomic E-state index is -0.445. The van der Waals surface area contributed by atoms with Crippen LogP contribution in [0.25, 0.3) is 12.2 Å². The Hall–Kier alpha value is -3.99. The third kappa shape index (κ3) is 6.98. The second-order valence-electron chi connectivity index (χ2n) is 11.4. The highest BCUT2D eigenvalue weighted by Crippen LogP contribution is 2.34. The Balaban J connectivity index is 1.18. The average molecular weight is 635 g/mol. The van der Waals surface area contributed by atoms with E-state index in [1.54, 1.807) is 43.4 Å². The van der Waals surface area contributed by atoms with Crippen molar-refractivity contribution in [1.82, 2.24) is 19.7 Å². The molecule has 1 aromatic heterocycles. The van der Waals surface area contributed by atoms with Crippen molar-refractivity contribution >= 4 is 35.8 Å². The number of carbonyl (C=O) groups excluding carboxylic acids is 2. The van der Waals surface area contributed by atoms with Gasteiger partial charge >= 0.3 is 6.09 Å². The molecule has 2 amide bonds. The van der Waals surface area contributed by atoms with E-state index in [1.807, 2.05) is 29.2 Å². The molecule has 0 bridgehead atoms. The maximum Gasteiger partial charge on any atom is 0.416 e. The Labute approximate surface area is 267 Å². The maximum absolute atomic E-state index is 13.6. The molecule has 1 saturated heterocycles. The minimum absolute atomic E-state index is 0.0279. The van der Waals surface area contributed by atoms with E-state index < -0.39 is 12.1 Å². The lowest BCUT2D eigenvalue weighted by atomic mass is 9.92. The van der Waals surface area contributed by atoms with Crippen LogP contribution in [-0.2, 0) is 16.0 Å². The highest BCUT2D eigenvalue weighted by atomic mass is 35.5. The highest BCUT2D eigenvalue weighted by molar-refractivity contribution is 6.24. The molecule has 2 aromatic carbocycles. The number of ether oxygens (including phenoxy) is 4. The lowest BCUT2D eigenvalue weighted by Gasteiger charge is -2.35. The average Bonchev–Trinajstić information content (AvgIpc) is 3.44. The van der Waals surface area contributed by atoms with Crippen LogP contribution in [-0.4, -0.2) is 104 Å². The molecule has 3 aromatic rings. The summed E-state index contributed by atoms with van der Waals surface area (Å²) in [6.45, 7) is 5.02. The number of methoxy groups -OCH3 is 2. The third-order valence-corrected chi connectivity index (χ3v) is 8.99. The number of rotatable bonds is 9. The molecule has 10 nitrogen and oxygen atoms in total. The van der Waals surface area contributed by atoms with E-state index in [1.165, 1.54) is 5.56 Å². The number of hydrogen-bond donors (Lipinski definition) is 1. The van der Waals surface area contributed by atoms with Gasteiger partial charge < -0.3 is 28.8 Å². The Kier molecular flexibility index (Phi) is 9.63. The topological polar surface area (TPSA) is 96.6 Å². The van der Waals surface area contributed by atoms with Crippen molar-refractivity contribution in [3.8, 4) is 17.2 Å². The molecule has 0 saturated carbocycles. The minimum Gasteiger partial charge on any atom is -0.497 e. The van der Waals surface area contributed by atoms with Crippen molar-refractivity contribution in [2.45, 2.75) is 24.3 Å². The molecule has 238 valence electrons. The van der Waals surface area contributed by atoms with Gasteiger partial charge in [-0.15, -0.1) is 11.6 Å². The quantitative estimate of drug-likeness (QED) is 0.362. The van der Waals surface area contributed by atoms with Gasteiger partial charge in [-0.2, -0.15) is 0 Å². The molecule has 3 aliphatic rings. The SMILES string of the molecule is COCCN1CCN(C(=O)COc2ccc(C3c4[nH]c5c(c4CCN3C(=O)Oc3ccc(OC)cc3)=CC(Cl)CC=5)cc2)CC1.